The highest BCUT2D eigenvalue weighted by molar-refractivity contribution is 5.20. The Morgan fingerprint density at radius 3 is 2.86 bits per heavy atom. The molecule has 0 aliphatic rings. The summed E-state index contributed by atoms with van der Waals surface area (Å²) < 4.78 is 1.88. The van der Waals surface area contributed by atoms with E-state index in [2.05, 4.69) is 23.3 Å². The molecule has 1 heterocycles. The third-order valence-corrected chi connectivity index (χ3v) is 2.57. The number of aryl methyl sites for hydroxylation is 1. The maximum absolute atomic E-state index is 5.25. The molecule has 1 aromatic rings. The molecule has 0 fully saturated rings. The number of nitrogens with one attached hydrogen (secondary N) is 1. The van der Waals surface area contributed by atoms with E-state index in [0.29, 0.717) is 6.04 Å². The molecule has 0 amide bonds. The van der Waals surface area contributed by atoms with Gasteiger partial charge in [-0.1, -0.05) is 0 Å². The Hall–Kier alpha value is -1.27. The monoisotopic (exact) mass is 191 g/mol. The van der Waals surface area contributed by atoms with Crippen molar-refractivity contribution in [1.82, 2.24) is 15.1 Å². The average molecular weight is 191 g/mol. The van der Waals surface area contributed by atoms with Crippen LogP contribution in [0.15, 0.2) is 6.20 Å². The van der Waals surface area contributed by atoms with Gasteiger partial charge in [-0.2, -0.15) is 5.10 Å². The van der Waals surface area contributed by atoms with E-state index in [-0.39, 0.29) is 0 Å². The van der Waals surface area contributed by atoms with Crippen LogP contribution in [0.2, 0.25) is 0 Å². The molecule has 3 heteroatoms. The average Bonchev–Trinajstić information content (AvgIpc) is 2.51. The molecule has 1 aromatic heterocycles. The number of rotatable bonds is 4. The molecule has 0 aromatic carbocycles. The second kappa shape index (κ2) is 4.83. The van der Waals surface area contributed by atoms with E-state index in [1.54, 1.807) is 0 Å². The van der Waals surface area contributed by atoms with Crippen LogP contribution in [0.1, 0.15) is 30.1 Å². The fourth-order valence-electron chi connectivity index (χ4n) is 1.54. The van der Waals surface area contributed by atoms with E-state index >= 15 is 0 Å². The van der Waals surface area contributed by atoms with Crippen LogP contribution in [0.25, 0.3) is 0 Å². The predicted octanol–water partition coefficient (Wildman–Crippen LogP) is 1.40. The van der Waals surface area contributed by atoms with Gasteiger partial charge in [0.25, 0.3) is 0 Å². The molecule has 1 N–H and O–H groups in total. The minimum Gasteiger partial charge on any atom is -0.313 e. The first kappa shape index (κ1) is 10.8. The third kappa shape index (κ3) is 2.15. The van der Waals surface area contributed by atoms with Gasteiger partial charge in [-0.25, -0.2) is 0 Å². The summed E-state index contributed by atoms with van der Waals surface area (Å²) in [5.41, 5.74) is 2.44. The van der Waals surface area contributed by atoms with Gasteiger partial charge in [0.15, 0.2) is 0 Å². The smallest absolute Gasteiger partial charge is 0.0540 e. The minimum atomic E-state index is 0.319. The lowest BCUT2D eigenvalue weighted by Gasteiger charge is -2.14. The quantitative estimate of drug-likeness (QED) is 0.729. The second-order valence-electron chi connectivity index (χ2n) is 3.39. The lowest BCUT2D eigenvalue weighted by Crippen LogP contribution is -2.16. The SMILES string of the molecule is C#CCCC(NC)c1cnn(C)c1C. The molecule has 0 saturated heterocycles. The highest BCUT2D eigenvalue weighted by Crippen LogP contribution is 2.20. The number of hydrogen-bond donors (Lipinski definition) is 1. The van der Waals surface area contributed by atoms with Crippen molar-refractivity contribution in [2.75, 3.05) is 7.05 Å². The largest absolute Gasteiger partial charge is 0.313 e. The molecular weight excluding hydrogens is 174 g/mol. The molecule has 3 nitrogen and oxygen atoms in total. The molecule has 0 aliphatic heterocycles. The third-order valence-electron chi connectivity index (χ3n) is 2.57. The van der Waals surface area contributed by atoms with Gasteiger partial charge < -0.3 is 5.32 Å². The lowest BCUT2D eigenvalue weighted by atomic mass is 10.0. The Labute approximate surface area is 85.5 Å². The van der Waals surface area contributed by atoms with E-state index < -0.39 is 0 Å². The maximum atomic E-state index is 5.25. The first-order chi connectivity index (χ1) is 6.70. The van der Waals surface area contributed by atoms with Gasteiger partial charge in [-0.15, -0.1) is 12.3 Å². The van der Waals surface area contributed by atoms with Gasteiger partial charge in [-0.3, -0.25) is 4.68 Å². The zero-order valence-corrected chi connectivity index (χ0v) is 9.04. The van der Waals surface area contributed by atoms with Gasteiger partial charge >= 0.3 is 0 Å². The van der Waals surface area contributed by atoms with Crippen molar-refractivity contribution in [1.29, 1.82) is 0 Å². The summed E-state index contributed by atoms with van der Waals surface area (Å²) in [5, 5.41) is 7.48. The zero-order valence-electron chi connectivity index (χ0n) is 9.04. The number of terminal acetylenes is 1. The van der Waals surface area contributed by atoms with Crippen LogP contribution < -0.4 is 5.32 Å². The molecule has 0 saturated carbocycles. The fraction of sp³-hybridized carbons (Fsp3) is 0.545. The Kier molecular flexibility index (Phi) is 3.73. The second-order valence-corrected chi connectivity index (χ2v) is 3.39. The van der Waals surface area contributed by atoms with Crippen LogP contribution >= 0.6 is 0 Å². The normalized spacial score (nSPS) is 12.4. The molecule has 0 bridgehead atoms. The van der Waals surface area contributed by atoms with Crippen LogP contribution in [-0.2, 0) is 7.05 Å². The molecule has 14 heavy (non-hydrogen) atoms. The standard InChI is InChI=1S/C11H17N3/c1-5-6-7-11(12-3)10-8-13-14(4)9(10)2/h1,8,11-12H,6-7H2,2-4H3. The number of hydrogen-bond acceptors (Lipinski definition) is 2. The first-order valence-electron chi connectivity index (χ1n) is 4.80. The zero-order chi connectivity index (χ0) is 10.6. The molecule has 76 valence electrons. The lowest BCUT2D eigenvalue weighted by molar-refractivity contribution is 0.554. The summed E-state index contributed by atoms with van der Waals surface area (Å²) in [6, 6.07) is 0.319. The van der Waals surface area contributed by atoms with Gasteiger partial charge in [-0.05, 0) is 20.4 Å². The summed E-state index contributed by atoms with van der Waals surface area (Å²) in [5.74, 6) is 2.66. The molecule has 1 atom stereocenters. The van der Waals surface area contributed by atoms with Crippen molar-refractivity contribution in [3.63, 3.8) is 0 Å². The molecule has 0 spiro atoms. The fourth-order valence-corrected chi connectivity index (χ4v) is 1.54. The van der Waals surface area contributed by atoms with Gasteiger partial charge in [0.1, 0.15) is 0 Å². The van der Waals surface area contributed by atoms with Gasteiger partial charge in [0.2, 0.25) is 0 Å². The summed E-state index contributed by atoms with van der Waals surface area (Å²) in [6.45, 7) is 2.07. The Morgan fingerprint density at radius 1 is 1.71 bits per heavy atom. The Balaban J connectivity index is 2.79. The molecule has 1 rings (SSSR count). The van der Waals surface area contributed by atoms with E-state index in [1.165, 1.54) is 11.3 Å². The van der Waals surface area contributed by atoms with E-state index in [1.807, 2.05) is 25.0 Å². The van der Waals surface area contributed by atoms with Crippen molar-refractivity contribution in [2.45, 2.75) is 25.8 Å². The van der Waals surface area contributed by atoms with Crippen LogP contribution in [0.3, 0.4) is 0 Å². The van der Waals surface area contributed by atoms with Crippen molar-refractivity contribution < 1.29 is 0 Å². The first-order valence-corrected chi connectivity index (χ1v) is 4.80. The summed E-state index contributed by atoms with van der Waals surface area (Å²) >= 11 is 0. The molecule has 0 aliphatic carbocycles. The molecule has 1 unspecified atom stereocenters. The van der Waals surface area contributed by atoms with Crippen molar-refractivity contribution >= 4 is 0 Å². The van der Waals surface area contributed by atoms with Gasteiger partial charge in [0, 0.05) is 30.8 Å². The Bertz CT molecular complexity index is 333. The van der Waals surface area contributed by atoms with Gasteiger partial charge in [0.05, 0.1) is 6.20 Å². The minimum absolute atomic E-state index is 0.319. The van der Waals surface area contributed by atoms with E-state index in [0.717, 1.165) is 12.8 Å². The highest BCUT2D eigenvalue weighted by Gasteiger charge is 2.13. The number of nitrogens with zero attached hydrogens (tertiary/aromatic N) is 2. The summed E-state index contributed by atoms with van der Waals surface area (Å²) in [6.07, 6.45) is 8.91. The number of aromatic nitrogens is 2. The predicted molar refractivity (Wildman–Crippen MR) is 57.8 cm³/mol. The molecule has 0 radical (unpaired) electrons. The maximum Gasteiger partial charge on any atom is 0.0540 e. The van der Waals surface area contributed by atoms with Crippen LogP contribution in [0.5, 0.6) is 0 Å². The summed E-state index contributed by atoms with van der Waals surface area (Å²) in [7, 11) is 3.90. The van der Waals surface area contributed by atoms with Crippen LogP contribution in [0, 0.1) is 19.3 Å². The van der Waals surface area contributed by atoms with E-state index in [9.17, 15) is 0 Å². The Morgan fingerprint density at radius 2 is 2.43 bits per heavy atom. The van der Waals surface area contributed by atoms with Crippen molar-refractivity contribution in [3.05, 3.63) is 17.5 Å². The summed E-state index contributed by atoms with van der Waals surface area (Å²) in [4.78, 5) is 0. The van der Waals surface area contributed by atoms with E-state index in [4.69, 9.17) is 6.42 Å². The topological polar surface area (TPSA) is 29.9 Å². The van der Waals surface area contributed by atoms with Crippen LogP contribution in [0.4, 0.5) is 0 Å². The van der Waals surface area contributed by atoms with Crippen molar-refractivity contribution in [3.8, 4) is 12.3 Å². The van der Waals surface area contributed by atoms with Crippen LogP contribution in [-0.4, -0.2) is 16.8 Å². The molecular formula is C11H17N3. The van der Waals surface area contributed by atoms with Crippen molar-refractivity contribution in [2.24, 2.45) is 7.05 Å². The highest BCUT2D eigenvalue weighted by atomic mass is 15.3.